The summed E-state index contributed by atoms with van der Waals surface area (Å²) in [5, 5.41) is 9.62. The van der Waals surface area contributed by atoms with Crippen LogP contribution in [0.25, 0.3) is 0 Å². The van der Waals surface area contributed by atoms with E-state index in [0.717, 1.165) is 50.3 Å². The number of aliphatic hydroxyl groups excluding tert-OH is 1. The van der Waals surface area contributed by atoms with Crippen molar-refractivity contribution in [1.29, 1.82) is 0 Å². The monoisotopic (exact) mass is 279 g/mol. The van der Waals surface area contributed by atoms with Crippen LogP contribution in [0.2, 0.25) is 0 Å². The Morgan fingerprint density at radius 1 is 1.40 bits per heavy atom. The van der Waals surface area contributed by atoms with E-state index in [0.29, 0.717) is 5.82 Å². The molecule has 0 amide bonds. The predicted molar refractivity (Wildman–Crippen MR) is 80.5 cm³/mol. The fraction of sp³-hybridized carbons (Fsp3) is 0.714. The van der Waals surface area contributed by atoms with Crippen LogP contribution in [0.5, 0.6) is 0 Å². The fourth-order valence-corrected chi connectivity index (χ4v) is 2.71. The molecule has 0 saturated carbocycles. The van der Waals surface area contributed by atoms with Crippen LogP contribution in [0, 0.1) is 0 Å². The predicted octanol–water partition coefficient (Wildman–Crippen LogP) is 1.46. The minimum Gasteiger partial charge on any atom is -0.394 e. The van der Waals surface area contributed by atoms with E-state index in [1.807, 2.05) is 6.07 Å². The van der Waals surface area contributed by atoms with Crippen LogP contribution in [0.15, 0.2) is 6.07 Å². The van der Waals surface area contributed by atoms with E-state index in [1.165, 1.54) is 6.42 Å². The molecule has 0 spiro atoms. The fourth-order valence-electron chi connectivity index (χ4n) is 2.71. The van der Waals surface area contributed by atoms with Gasteiger partial charge in [0.2, 0.25) is 0 Å². The first-order chi connectivity index (χ1) is 9.78. The van der Waals surface area contributed by atoms with Crippen LogP contribution in [0.1, 0.15) is 44.9 Å². The molecule has 20 heavy (non-hydrogen) atoms. The maximum absolute atomic E-state index is 9.62. The summed E-state index contributed by atoms with van der Waals surface area (Å²) < 4.78 is 0. The molecular weight excluding hydrogens is 254 g/mol. The number of anilines is 2. The Morgan fingerprint density at radius 2 is 2.25 bits per heavy atom. The number of aryl methyl sites for hydroxylation is 1. The average molecular weight is 279 g/mol. The standard InChI is InChI=1S/C14H25N5O/c1-2-6-12-16-13(18-15)9-14(17-12)19-8-5-3-4-7-11(19)10-20/h9,11,20H,2-8,10,15H2,1H3,(H,16,17,18). The van der Waals surface area contributed by atoms with Crippen LogP contribution in [-0.2, 0) is 6.42 Å². The van der Waals surface area contributed by atoms with E-state index in [-0.39, 0.29) is 12.6 Å². The Labute approximate surface area is 120 Å². The van der Waals surface area contributed by atoms with Gasteiger partial charge in [0.15, 0.2) is 0 Å². The average Bonchev–Trinajstić information content (AvgIpc) is 2.72. The zero-order chi connectivity index (χ0) is 14.4. The Kier molecular flexibility index (Phi) is 5.55. The number of aromatic nitrogens is 2. The van der Waals surface area contributed by atoms with Gasteiger partial charge < -0.3 is 15.4 Å². The molecule has 0 radical (unpaired) electrons. The lowest BCUT2D eigenvalue weighted by molar-refractivity contribution is 0.254. The highest BCUT2D eigenvalue weighted by Gasteiger charge is 2.22. The number of nitrogens with zero attached hydrogens (tertiary/aromatic N) is 3. The number of rotatable bonds is 5. The first-order valence-electron chi connectivity index (χ1n) is 7.50. The Balaban J connectivity index is 2.30. The summed E-state index contributed by atoms with van der Waals surface area (Å²) >= 11 is 0. The molecule has 1 aromatic heterocycles. The van der Waals surface area contributed by atoms with Crippen LogP contribution in [0.4, 0.5) is 11.6 Å². The molecule has 0 aliphatic carbocycles. The summed E-state index contributed by atoms with van der Waals surface area (Å²) in [5.74, 6) is 7.82. The number of aliphatic hydroxyl groups is 1. The maximum atomic E-state index is 9.62. The van der Waals surface area contributed by atoms with E-state index in [2.05, 4.69) is 27.2 Å². The molecule has 0 bridgehead atoms. The minimum absolute atomic E-state index is 0.146. The van der Waals surface area contributed by atoms with Gasteiger partial charge in [-0.1, -0.05) is 19.8 Å². The molecule has 4 N–H and O–H groups in total. The number of nitrogen functional groups attached to an aromatic ring is 1. The first kappa shape index (κ1) is 15.0. The molecule has 1 aliphatic heterocycles. The molecule has 1 aromatic rings. The largest absolute Gasteiger partial charge is 0.394 e. The molecule has 2 heterocycles. The first-order valence-corrected chi connectivity index (χ1v) is 7.50. The maximum Gasteiger partial charge on any atom is 0.145 e. The van der Waals surface area contributed by atoms with Gasteiger partial charge in [0.05, 0.1) is 12.6 Å². The molecule has 1 atom stereocenters. The number of nitrogens with one attached hydrogen (secondary N) is 1. The summed E-state index contributed by atoms with van der Waals surface area (Å²) in [6, 6.07) is 2.01. The Morgan fingerprint density at radius 3 is 2.95 bits per heavy atom. The number of nitrogens with two attached hydrogens (primary N) is 1. The van der Waals surface area contributed by atoms with Gasteiger partial charge in [-0.2, -0.15) is 0 Å². The van der Waals surface area contributed by atoms with Crippen LogP contribution in [0.3, 0.4) is 0 Å². The normalized spacial score (nSPS) is 19.8. The number of hydrazine groups is 1. The van der Waals surface area contributed by atoms with Crippen molar-refractivity contribution in [3.63, 3.8) is 0 Å². The zero-order valence-electron chi connectivity index (χ0n) is 12.2. The third-order valence-electron chi connectivity index (χ3n) is 3.76. The van der Waals surface area contributed by atoms with E-state index in [4.69, 9.17) is 5.84 Å². The summed E-state index contributed by atoms with van der Waals surface area (Å²) in [6.07, 6.45) is 6.35. The van der Waals surface area contributed by atoms with Crippen molar-refractivity contribution >= 4 is 11.6 Å². The molecular formula is C14H25N5O. The summed E-state index contributed by atoms with van der Waals surface area (Å²) in [5.41, 5.74) is 2.61. The number of hydrogen-bond donors (Lipinski definition) is 3. The second-order valence-corrected chi connectivity index (χ2v) is 5.30. The highest BCUT2D eigenvalue weighted by molar-refractivity contribution is 5.49. The van der Waals surface area contributed by atoms with E-state index in [1.54, 1.807) is 0 Å². The van der Waals surface area contributed by atoms with Crippen LogP contribution in [-0.4, -0.2) is 34.3 Å². The quantitative estimate of drug-likeness (QED) is 0.558. The van der Waals surface area contributed by atoms with Crippen molar-refractivity contribution < 1.29 is 5.11 Å². The topological polar surface area (TPSA) is 87.3 Å². The lowest BCUT2D eigenvalue weighted by Gasteiger charge is -2.30. The van der Waals surface area contributed by atoms with Crippen LogP contribution < -0.4 is 16.2 Å². The minimum atomic E-state index is 0.146. The lowest BCUT2D eigenvalue weighted by Crippen LogP contribution is -2.38. The zero-order valence-corrected chi connectivity index (χ0v) is 12.2. The Hall–Kier alpha value is -1.40. The van der Waals surface area contributed by atoms with E-state index >= 15 is 0 Å². The van der Waals surface area contributed by atoms with Crippen molar-refractivity contribution in [1.82, 2.24) is 9.97 Å². The molecule has 1 fully saturated rings. The van der Waals surface area contributed by atoms with Gasteiger partial charge in [-0.25, -0.2) is 15.8 Å². The molecule has 112 valence electrons. The van der Waals surface area contributed by atoms with Gasteiger partial charge in [-0.15, -0.1) is 0 Å². The summed E-state index contributed by atoms with van der Waals surface area (Å²) in [6.45, 7) is 3.20. The van der Waals surface area contributed by atoms with Crippen molar-refractivity contribution in [2.24, 2.45) is 5.84 Å². The second-order valence-electron chi connectivity index (χ2n) is 5.30. The molecule has 1 unspecified atom stereocenters. The van der Waals surface area contributed by atoms with Gasteiger partial charge in [0.1, 0.15) is 17.5 Å². The van der Waals surface area contributed by atoms with Gasteiger partial charge in [0, 0.05) is 19.0 Å². The van der Waals surface area contributed by atoms with E-state index in [9.17, 15) is 5.11 Å². The number of hydrogen-bond acceptors (Lipinski definition) is 6. The summed E-state index contributed by atoms with van der Waals surface area (Å²) in [7, 11) is 0. The molecule has 6 heteroatoms. The van der Waals surface area contributed by atoms with E-state index < -0.39 is 0 Å². The molecule has 1 aliphatic rings. The second kappa shape index (κ2) is 7.40. The SMILES string of the molecule is CCCc1nc(NN)cc(N2CCCCCC2CO)n1. The van der Waals surface area contributed by atoms with Gasteiger partial charge in [0.25, 0.3) is 0 Å². The smallest absolute Gasteiger partial charge is 0.145 e. The molecule has 0 aromatic carbocycles. The lowest BCUT2D eigenvalue weighted by atomic mass is 10.1. The van der Waals surface area contributed by atoms with Crippen LogP contribution >= 0.6 is 0 Å². The Bertz CT molecular complexity index is 426. The van der Waals surface area contributed by atoms with Crippen molar-refractivity contribution in [3.05, 3.63) is 11.9 Å². The summed E-state index contributed by atoms with van der Waals surface area (Å²) in [4.78, 5) is 11.2. The highest BCUT2D eigenvalue weighted by atomic mass is 16.3. The van der Waals surface area contributed by atoms with Crippen molar-refractivity contribution in [3.8, 4) is 0 Å². The third kappa shape index (κ3) is 3.58. The third-order valence-corrected chi connectivity index (χ3v) is 3.76. The highest BCUT2D eigenvalue weighted by Crippen LogP contribution is 2.24. The van der Waals surface area contributed by atoms with Crippen molar-refractivity contribution in [2.45, 2.75) is 51.5 Å². The molecule has 1 saturated heterocycles. The van der Waals surface area contributed by atoms with Gasteiger partial charge >= 0.3 is 0 Å². The molecule has 6 nitrogen and oxygen atoms in total. The van der Waals surface area contributed by atoms with Crippen molar-refractivity contribution in [2.75, 3.05) is 23.5 Å². The van der Waals surface area contributed by atoms with Gasteiger partial charge in [-0.05, 0) is 19.3 Å². The molecule has 2 rings (SSSR count). The van der Waals surface area contributed by atoms with Gasteiger partial charge in [-0.3, -0.25) is 0 Å².